The molecular formula is C19H20O5. The van der Waals surface area contributed by atoms with Crippen molar-refractivity contribution in [3.05, 3.63) is 40.2 Å². The largest absolute Gasteiger partial charge is 0.508 e. The zero-order valence-electron chi connectivity index (χ0n) is 13.4. The summed E-state index contributed by atoms with van der Waals surface area (Å²) in [6, 6.07) is 5.90. The fourth-order valence-electron chi connectivity index (χ4n) is 4.40. The Hall–Kier alpha value is -2.30. The number of esters is 1. The molecule has 2 bridgehead atoms. The van der Waals surface area contributed by atoms with Crippen LogP contribution in [0.2, 0.25) is 0 Å². The molecule has 2 aromatic rings. The minimum absolute atomic E-state index is 0.0241. The summed E-state index contributed by atoms with van der Waals surface area (Å²) in [5.41, 5.74) is 0.372. The molecule has 2 saturated carbocycles. The predicted octanol–water partition coefficient (Wildman–Crippen LogP) is 3.37. The summed E-state index contributed by atoms with van der Waals surface area (Å²) < 4.78 is 10.5. The molecule has 24 heavy (non-hydrogen) atoms. The first kappa shape index (κ1) is 15.2. The number of phenols is 1. The van der Waals surface area contributed by atoms with Crippen LogP contribution in [0.1, 0.15) is 37.7 Å². The Morgan fingerprint density at radius 1 is 1.25 bits per heavy atom. The molecule has 4 rings (SSSR count). The standard InChI is InChI=1S/C19H20O5/c20-15-3-4-16-14(8-19(22)24-17(16)9-15)10-23-18(21)7-13-6-11-1-2-12(13)5-11/h3-4,8-9,11-13,20H,1-2,5-7,10H2/t11-,12+,13+/m0/s1. The highest BCUT2D eigenvalue weighted by Gasteiger charge is 2.40. The Labute approximate surface area is 139 Å². The summed E-state index contributed by atoms with van der Waals surface area (Å²) in [5.74, 6) is 1.79. The number of fused-ring (bicyclic) bond motifs is 3. The summed E-state index contributed by atoms with van der Waals surface area (Å²) in [6.07, 6.45) is 5.45. The number of hydrogen-bond acceptors (Lipinski definition) is 5. The molecule has 5 heteroatoms. The van der Waals surface area contributed by atoms with Crippen LogP contribution in [0.15, 0.2) is 33.5 Å². The molecule has 1 aromatic heterocycles. The van der Waals surface area contributed by atoms with Gasteiger partial charge in [0.15, 0.2) is 0 Å². The van der Waals surface area contributed by atoms with Crippen LogP contribution in [0, 0.1) is 17.8 Å². The number of carbonyl (C=O) groups excluding carboxylic acids is 1. The molecule has 2 fully saturated rings. The van der Waals surface area contributed by atoms with E-state index in [0.717, 1.165) is 12.3 Å². The van der Waals surface area contributed by atoms with Gasteiger partial charge in [0.05, 0.1) is 0 Å². The first-order chi connectivity index (χ1) is 11.6. The van der Waals surface area contributed by atoms with Crippen LogP contribution >= 0.6 is 0 Å². The summed E-state index contributed by atoms with van der Waals surface area (Å²) in [4.78, 5) is 23.8. The van der Waals surface area contributed by atoms with Crippen LogP contribution in [0.3, 0.4) is 0 Å². The number of phenolic OH excluding ortho intramolecular Hbond substituents is 1. The van der Waals surface area contributed by atoms with Gasteiger partial charge < -0.3 is 14.3 Å². The minimum atomic E-state index is -0.521. The van der Waals surface area contributed by atoms with E-state index in [1.165, 1.54) is 37.5 Å². The maximum Gasteiger partial charge on any atom is 0.336 e. The van der Waals surface area contributed by atoms with Crippen molar-refractivity contribution in [2.75, 3.05) is 0 Å². The van der Waals surface area contributed by atoms with E-state index < -0.39 is 5.63 Å². The van der Waals surface area contributed by atoms with Crippen LogP contribution in [0.5, 0.6) is 5.75 Å². The molecule has 0 aliphatic heterocycles. The van der Waals surface area contributed by atoms with Crippen LogP contribution < -0.4 is 5.63 Å². The number of aromatic hydroxyl groups is 1. The number of carbonyl (C=O) groups is 1. The van der Waals surface area contributed by atoms with Gasteiger partial charge in [0.1, 0.15) is 17.9 Å². The number of hydrogen-bond donors (Lipinski definition) is 1. The van der Waals surface area contributed by atoms with E-state index in [1.54, 1.807) is 6.07 Å². The lowest BCUT2D eigenvalue weighted by molar-refractivity contribution is -0.146. The van der Waals surface area contributed by atoms with Crippen molar-refractivity contribution in [1.82, 2.24) is 0 Å². The maximum absolute atomic E-state index is 12.2. The highest BCUT2D eigenvalue weighted by Crippen LogP contribution is 2.49. The molecule has 1 N–H and O–H groups in total. The van der Waals surface area contributed by atoms with Gasteiger partial charge in [-0.25, -0.2) is 4.79 Å². The van der Waals surface area contributed by atoms with Gasteiger partial charge in [-0.1, -0.05) is 6.42 Å². The highest BCUT2D eigenvalue weighted by molar-refractivity contribution is 5.81. The number of rotatable bonds is 4. The second-order valence-corrected chi connectivity index (χ2v) is 7.07. The van der Waals surface area contributed by atoms with E-state index in [0.29, 0.717) is 34.8 Å². The van der Waals surface area contributed by atoms with Crippen molar-refractivity contribution in [2.24, 2.45) is 17.8 Å². The molecule has 0 saturated heterocycles. The average molecular weight is 328 g/mol. The Morgan fingerprint density at radius 2 is 2.12 bits per heavy atom. The van der Waals surface area contributed by atoms with Crippen molar-refractivity contribution >= 4 is 16.9 Å². The molecule has 5 nitrogen and oxygen atoms in total. The maximum atomic E-state index is 12.2. The van der Waals surface area contributed by atoms with Gasteiger partial charge in [-0.05, 0) is 49.1 Å². The van der Waals surface area contributed by atoms with Crippen molar-refractivity contribution < 1.29 is 19.1 Å². The first-order valence-corrected chi connectivity index (χ1v) is 8.50. The highest BCUT2D eigenvalue weighted by atomic mass is 16.5. The Morgan fingerprint density at radius 3 is 2.88 bits per heavy atom. The van der Waals surface area contributed by atoms with E-state index in [4.69, 9.17) is 9.15 Å². The summed E-state index contributed by atoms with van der Waals surface area (Å²) >= 11 is 0. The molecular weight excluding hydrogens is 308 g/mol. The van der Waals surface area contributed by atoms with E-state index >= 15 is 0 Å². The summed E-state index contributed by atoms with van der Waals surface area (Å²) in [5, 5.41) is 10.2. The molecule has 2 aliphatic carbocycles. The van der Waals surface area contributed by atoms with Gasteiger partial charge in [0.2, 0.25) is 0 Å². The smallest absolute Gasteiger partial charge is 0.336 e. The molecule has 3 atom stereocenters. The molecule has 0 spiro atoms. The van der Waals surface area contributed by atoms with Gasteiger partial charge in [0, 0.05) is 29.5 Å². The van der Waals surface area contributed by atoms with Crippen LogP contribution in [0.25, 0.3) is 11.0 Å². The minimum Gasteiger partial charge on any atom is -0.508 e. The third kappa shape index (κ3) is 2.90. The fraction of sp³-hybridized carbons (Fsp3) is 0.474. The average Bonchev–Trinajstić information content (AvgIpc) is 3.14. The Bertz CT molecular complexity index is 837. The molecule has 0 radical (unpaired) electrons. The zero-order chi connectivity index (χ0) is 16.7. The third-order valence-corrected chi connectivity index (χ3v) is 5.52. The van der Waals surface area contributed by atoms with E-state index in [-0.39, 0.29) is 18.3 Å². The predicted molar refractivity (Wildman–Crippen MR) is 87.5 cm³/mol. The Balaban J connectivity index is 1.44. The van der Waals surface area contributed by atoms with E-state index in [9.17, 15) is 14.7 Å². The second kappa shape index (κ2) is 5.96. The Kier molecular flexibility index (Phi) is 3.79. The van der Waals surface area contributed by atoms with Crippen molar-refractivity contribution in [2.45, 2.75) is 38.7 Å². The summed E-state index contributed by atoms with van der Waals surface area (Å²) in [7, 11) is 0. The molecule has 126 valence electrons. The second-order valence-electron chi connectivity index (χ2n) is 7.07. The van der Waals surface area contributed by atoms with Gasteiger partial charge >= 0.3 is 11.6 Å². The molecule has 1 aromatic carbocycles. The number of benzene rings is 1. The fourth-order valence-corrected chi connectivity index (χ4v) is 4.40. The van der Waals surface area contributed by atoms with Crippen molar-refractivity contribution in [3.63, 3.8) is 0 Å². The molecule has 1 heterocycles. The quantitative estimate of drug-likeness (QED) is 0.688. The van der Waals surface area contributed by atoms with Crippen molar-refractivity contribution in [3.8, 4) is 5.75 Å². The molecule has 2 aliphatic rings. The van der Waals surface area contributed by atoms with Gasteiger partial charge in [0.25, 0.3) is 0 Å². The summed E-state index contributed by atoms with van der Waals surface area (Å²) in [6.45, 7) is 0.0481. The van der Waals surface area contributed by atoms with Crippen molar-refractivity contribution in [1.29, 1.82) is 0 Å². The SMILES string of the molecule is O=C(C[C@H]1C[C@H]2CC[C@@H]1C2)OCc1cc(=O)oc2cc(O)ccc12. The topological polar surface area (TPSA) is 76.7 Å². The first-order valence-electron chi connectivity index (χ1n) is 8.50. The third-order valence-electron chi connectivity index (χ3n) is 5.52. The van der Waals surface area contributed by atoms with E-state index in [2.05, 4.69) is 0 Å². The van der Waals surface area contributed by atoms with Crippen LogP contribution in [-0.4, -0.2) is 11.1 Å². The van der Waals surface area contributed by atoms with Gasteiger partial charge in [-0.3, -0.25) is 4.79 Å². The van der Waals surface area contributed by atoms with Crippen LogP contribution in [-0.2, 0) is 16.1 Å². The van der Waals surface area contributed by atoms with Gasteiger partial charge in [-0.15, -0.1) is 0 Å². The van der Waals surface area contributed by atoms with Crippen LogP contribution in [0.4, 0.5) is 0 Å². The lowest BCUT2D eigenvalue weighted by Gasteiger charge is -2.20. The lowest BCUT2D eigenvalue weighted by Crippen LogP contribution is -2.17. The van der Waals surface area contributed by atoms with E-state index in [1.807, 2.05) is 0 Å². The monoisotopic (exact) mass is 328 g/mol. The number of ether oxygens (including phenoxy) is 1. The molecule has 0 amide bonds. The molecule has 0 unspecified atom stereocenters. The normalized spacial score (nSPS) is 25.2. The zero-order valence-corrected chi connectivity index (χ0v) is 13.4. The lowest BCUT2D eigenvalue weighted by atomic mass is 9.86. The van der Waals surface area contributed by atoms with Gasteiger partial charge in [-0.2, -0.15) is 0 Å².